The highest BCUT2D eigenvalue weighted by Crippen LogP contribution is 1.85. The molecule has 11 heavy (non-hydrogen) atoms. The first-order chi connectivity index (χ1) is 5.41. The van der Waals surface area contributed by atoms with Crippen molar-refractivity contribution in [2.45, 2.75) is 12.5 Å². The molecule has 68 valence electrons. The van der Waals surface area contributed by atoms with Crippen molar-refractivity contribution >= 4 is 9.52 Å². The lowest BCUT2D eigenvalue weighted by Crippen LogP contribution is -2.09. The maximum atomic E-state index is 5.35. The largest absolute Gasteiger partial charge is 0.383 e. The van der Waals surface area contributed by atoms with Gasteiger partial charge >= 0.3 is 0 Å². The Labute approximate surface area is 71.1 Å². The van der Waals surface area contributed by atoms with Crippen LogP contribution in [0.25, 0.3) is 0 Å². The van der Waals surface area contributed by atoms with E-state index in [1.54, 1.807) is 7.11 Å². The monoisotopic (exact) mass is 177 g/mol. The maximum Gasteiger partial charge on any atom is 0.0696 e. The lowest BCUT2D eigenvalue weighted by atomic mass is 10.5. The van der Waals surface area contributed by atoms with Gasteiger partial charge in [0, 0.05) is 13.3 Å². The Kier molecular flexibility index (Phi) is 10.2. The van der Waals surface area contributed by atoms with Gasteiger partial charge in [0.15, 0.2) is 0 Å². The van der Waals surface area contributed by atoms with Gasteiger partial charge in [-0.2, -0.15) is 0 Å². The third kappa shape index (κ3) is 10.1. The normalized spacial score (nSPS) is 11.5. The van der Waals surface area contributed by atoms with Crippen molar-refractivity contribution in [2.24, 2.45) is 5.73 Å². The Morgan fingerprint density at radius 2 is 2.18 bits per heavy atom. The highest BCUT2D eigenvalue weighted by Gasteiger charge is 1.89. The Bertz CT molecular complexity index is 65.5. The fourth-order valence-corrected chi connectivity index (χ4v) is 2.02. The molecule has 2 N–H and O–H groups in total. The number of methoxy groups -OCH3 is 1. The summed E-state index contributed by atoms with van der Waals surface area (Å²) in [4.78, 5) is 0. The van der Waals surface area contributed by atoms with Crippen molar-refractivity contribution in [1.29, 1.82) is 0 Å². The number of nitrogens with two attached hydrogens (primary N) is 1. The SMILES string of the molecule is COCCOC[SiH2]CCCN. The van der Waals surface area contributed by atoms with Crippen molar-refractivity contribution in [2.75, 3.05) is 33.1 Å². The summed E-state index contributed by atoms with van der Waals surface area (Å²) in [6, 6.07) is 1.31. The molecule has 0 radical (unpaired) electrons. The van der Waals surface area contributed by atoms with Crippen LogP contribution < -0.4 is 5.73 Å². The molecule has 0 saturated carbocycles. The van der Waals surface area contributed by atoms with Crippen LogP contribution in [-0.2, 0) is 9.47 Å². The Morgan fingerprint density at radius 3 is 2.82 bits per heavy atom. The molecule has 0 aromatic carbocycles. The molecule has 0 heterocycles. The molecular weight excluding hydrogens is 158 g/mol. The zero-order valence-electron chi connectivity index (χ0n) is 7.34. The topological polar surface area (TPSA) is 44.5 Å². The van der Waals surface area contributed by atoms with Gasteiger partial charge in [-0.1, -0.05) is 6.04 Å². The van der Waals surface area contributed by atoms with Crippen LogP contribution in [-0.4, -0.2) is 42.6 Å². The van der Waals surface area contributed by atoms with Gasteiger partial charge in [0.1, 0.15) is 0 Å². The lowest BCUT2D eigenvalue weighted by Gasteiger charge is -2.01. The van der Waals surface area contributed by atoms with Crippen molar-refractivity contribution < 1.29 is 9.47 Å². The highest BCUT2D eigenvalue weighted by atomic mass is 28.2. The van der Waals surface area contributed by atoms with Gasteiger partial charge in [0.2, 0.25) is 0 Å². The van der Waals surface area contributed by atoms with Crippen LogP contribution in [0.5, 0.6) is 0 Å². The molecule has 0 saturated heterocycles. The van der Waals surface area contributed by atoms with Crippen molar-refractivity contribution in [1.82, 2.24) is 0 Å². The zero-order chi connectivity index (χ0) is 8.36. The number of rotatable bonds is 8. The first-order valence-corrected chi connectivity index (χ1v) is 6.18. The number of hydrogen-bond donors (Lipinski definition) is 1. The van der Waals surface area contributed by atoms with Gasteiger partial charge < -0.3 is 15.2 Å². The van der Waals surface area contributed by atoms with Crippen LogP contribution in [0, 0.1) is 0 Å². The van der Waals surface area contributed by atoms with Crippen LogP contribution in [0.2, 0.25) is 6.04 Å². The van der Waals surface area contributed by atoms with Crippen LogP contribution >= 0.6 is 0 Å². The highest BCUT2D eigenvalue weighted by molar-refractivity contribution is 6.35. The molecule has 0 spiro atoms. The zero-order valence-corrected chi connectivity index (χ0v) is 8.76. The average Bonchev–Trinajstić information content (AvgIpc) is 2.03. The van der Waals surface area contributed by atoms with Crippen molar-refractivity contribution in [3.63, 3.8) is 0 Å². The first kappa shape index (κ1) is 11.1. The summed E-state index contributed by atoms with van der Waals surface area (Å²) in [7, 11) is 1.70. The summed E-state index contributed by atoms with van der Waals surface area (Å²) in [6.07, 6.45) is 2.14. The molecule has 0 aromatic heterocycles. The Hall–Kier alpha value is 0.0969. The fourth-order valence-electron chi connectivity index (χ4n) is 0.770. The molecule has 0 atom stereocenters. The molecule has 0 aliphatic rings. The number of ether oxygens (including phenoxy) is 2. The van der Waals surface area contributed by atoms with Gasteiger partial charge in [0.05, 0.1) is 22.7 Å². The van der Waals surface area contributed by atoms with E-state index in [2.05, 4.69) is 0 Å². The number of hydrogen-bond acceptors (Lipinski definition) is 3. The minimum absolute atomic E-state index is 0.0146. The second kappa shape index (κ2) is 10.1. The van der Waals surface area contributed by atoms with Crippen LogP contribution in [0.3, 0.4) is 0 Å². The van der Waals surface area contributed by atoms with E-state index in [0.717, 1.165) is 19.4 Å². The Balaban J connectivity index is 2.69. The van der Waals surface area contributed by atoms with E-state index >= 15 is 0 Å². The summed E-state index contributed by atoms with van der Waals surface area (Å²) < 4.78 is 10.2. The van der Waals surface area contributed by atoms with Gasteiger partial charge in [-0.15, -0.1) is 0 Å². The maximum absolute atomic E-state index is 5.35. The molecule has 0 aromatic rings. The molecule has 0 aliphatic carbocycles. The molecule has 0 rings (SSSR count). The lowest BCUT2D eigenvalue weighted by molar-refractivity contribution is 0.0924. The molecule has 4 heteroatoms. The summed E-state index contributed by atoms with van der Waals surface area (Å²) in [6.45, 7) is 2.28. The van der Waals surface area contributed by atoms with E-state index in [1.807, 2.05) is 0 Å². The van der Waals surface area contributed by atoms with Gasteiger partial charge in [-0.25, -0.2) is 0 Å². The minimum atomic E-state index is 0.0146. The molecule has 0 bridgehead atoms. The summed E-state index contributed by atoms with van der Waals surface area (Å²) in [5.74, 6) is 0. The first-order valence-electron chi connectivity index (χ1n) is 4.18. The quantitative estimate of drug-likeness (QED) is 0.403. The van der Waals surface area contributed by atoms with Gasteiger partial charge in [0.25, 0.3) is 0 Å². The second-order valence-electron chi connectivity index (χ2n) is 2.45. The van der Waals surface area contributed by atoms with Crippen LogP contribution in [0.1, 0.15) is 6.42 Å². The van der Waals surface area contributed by atoms with E-state index in [0.29, 0.717) is 6.61 Å². The average molecular weight is 177 g/mol. The van der Waals surface area contributed by atoms with Crippen molar-refractivity contribution in [3.05, 3.63) is 0 Å². The molecule has 0 aliphatic heterocycles. The molecule has 3 nitrogen and oxygen atoms in total. The standard InChI is InChI=1S/C7H19NO2Si/c1-9-4-5-10-7-11-6-2-3-8/h2-8,11H2,1H3. The van der Waals surface area contributed by atoms with E-state index in [9.17, 15) is 0 Å². The predicted octanol–water partition coefficient (Wildman–Crippen LogP) is -0.457. The third-order valence-electron chi connectivity index (χ3n) is 1.42. The summed E-state index contributed by atoms with van der Waals surface area (Å²) in [5.41, 5.74) is 5.35. The minimum Gasteiger partial charge on any atom is -0.383 e. The molecule has 0 unspecified atom stereocenters. The fraction of sp³-hybridized carbons (Fsp3) is 1.00. The van der Waals surface area contributed by atoms with Gasteiger partial charge in [-0.3, -0.25) is 0 Å². The van der Waals surface area contributed by atoms with Gasteiger partial charge in [-0.05, 0) is 13.0 Å². The molecular formula is C7H19NO2Si. The van der Waals surface area contributed by atoms with E-state index in [4.69, 9.17) is 15.2 Å². The summed E-state index contributed by atoms with van der Waals surface area (Å²) >= 11 is 0. The van der Waals surface area contributed by atoms with Crippen LogP contribution in [0.4, 0.5) is 0 Å². The smallest absolute Gasteiger partial charge is 0.0696 e. The van der Waals surface area contributed by atoms with Crippen molar-refractivity contribution in [3.8, 4) is 0 Å². The Morgan fingerprint density at radius 1 is 1.36 bits per heavy atom. The van der Waals surface area contributed by atoms with E-state index < -0.39 is 0 Å². The van der Waals surface area contributed by atoms with E-state index in [-0.39, 0.29) is 9.52 Å². The molecule has 0 amide bonds. The second-order valence-corrected chi connectivity index (χ2v) is 4.28. The predicted molar refractivity (Wildman–Crippen MR) is 49.7 cm³/mol. The van der Waals surface area contributed by atoms with E-state index in [1.165, 1.54) is 12.5 Å². The van der Waals surface area contributed by atoms with Crippen LogP contribution in [0.15, 0.2) is 0 Å². The summed E-state index contributed by atoms with van der Waals surface area (Å²) in [5, 5.41) is 0. The third-order valence-corrected chi connectivity index (χ3v) is 3.00. The molecule has 0 fully saturated rings.